The van der Waals surface area contributed by atoms with Gasteiger partial charge in [-0.3, -0.25) is 0 Å². The average molecular weight is 294 g/mol. The maximum absolute atomic E-state index is 5.41. The number of aromatic nitrogens is 1. The molecule has 106 valence electrons. The Kier molecular flexibility index (Phi) is 4.31. The molecular formula is C18H18N2S. The number of para-hydroxylation sites is 1. The summed E-state index contributed by atoms with van der Waals surface area (Å²) in [6, 6.07) is 18.7. The van der Waals surface area contributed by atoms with Gasteiger partial charge in [0.05, 0.1) is 4.99 Å². The van der Waals surface area contributed by atoms with Gasteiger partial charge in [0, 0.05) is 30.1 Å². The minimum absolute atomic E-state index is 0.810. The number of aromatic amines is 1. The summed E-state index contributed by atoms with van der Waals surface area (Å²) in [6.45, 7) is 0.869. The number of hydrogen-bond donors (Lipinski definition) is 2. The molecule has 3 rings (SSSR count). The Balaban J connectivity index is 1.53. The molecule has 0 aliphatic heterocycles. The molecule has 0 spiro atoms. The summed E-state index contributed by atoms with van der Waals surface area (Å²) >= 11 is 5.41. The molecule has 0 unspecified atom stereocenters. The van der Waals surface area contributed by atoms with E-state index in [1.165, 1.54) is 22.0 Å². The number of nitrogens with one attached hydrogen (secondary N) is 2. The van der Waals surface area contributed by atoms with Crippen LogP contribution < -0.4 is 5.32 Å². The zero-order valence-electron chi connectivity index (χ0n) is 11.8. The van der Waals surface area contributed by atoms with Gasteiger partial charge in [-0.2, -0.15) is 0 Å². The second-order valence-electron chi connectivity index (χ2n) is 5.12. The summed E-state index contributed by atoms with van der Waals surface area (Å²) in [4.78, 5) is 4.21. The van der Waals surface area contributed by atoms with Gasteiger partial charge in [0.1, 0.15) is 0 Å². The normalized spacial score (nSPS) is 10.7. The molecule has 0 atom stereocenters. The van der Waals surface area contributed by atoms with E-state index >= 15 is 0 Å². The van der Waals surface area contributed by atoms with Crippen LogP contribution in [0.3, 0.4) is 0 Å². The monoisotopic (exact) mass is 294 g/mol. The van der Waals surface area contributed by atoms with Crippen LogP contribution >= 0.6 is 12.2 Å². The number of hydrogen-bond acceptors (Lipinski definition) is 1. The molecule has 0 aliphatic carbocycles. The third-order valence-corrected chi connectivity index (χ3v) is 3.89. The molecule has 2 aromatic carbocycles. The molecular weight excluding hydrogens is 276 g/mol. The van der Waals surface area contributed by atoms with Crippen LogP contribution in [0.4, 0.5) is 0 Å². The van der Waals surface area contributed by atoms with Gasteiger partial charge in [-0.25, -0.2) is 0 Å². The van der Waals surface area contributed by atoms with Crippen LogP contribution in [0.1, 0.15) is 11.1 Å². The first-order valence-corrected chi connectivity index (χ1v) is 7.59. The standard InChI is InChI=1S/C18H18N2S/c21-18(12-14-6-2-1-3-7-14)19-11-10-15-13-20-17-9-5-4-8-16(15)17/h1-9,13,20H,10-12H2,(H,19,21). The maximum atomic E-state index is 5.41. The van der Waals surface area contributed by atoms with Crippen molar-refractivity contribution >= 4 is 28.1 Å². The predicted molar refractivity (Wildman–Crippen MR) is 92.7 cm³/mol. The number of H-pyrrole nitrogens is 1. The zero-order chi connectivity index (χ0) is 14.5. The fourth-order valence-corrected chi connectivity index (χ4v) is 2.79. The molecule has 3 aromatic rings. The summed E-state index contributed by atoms with van der Waals surface area (Å²) in [7, 11) is 0. The van der Waals surface area contributed by atoms with Crippen molar-refractivity contribution in [3.8, 4) is 0 Å². The number of fused-ring (bicyclic) bond motifs is 1. The SMILES string of the molecule is S=C(Cc1ccccc1)NCCc1c[nH]c2ccccc12. The lowest BCUT2D eigenvalue weighted by Gasteiger charge is -2.07. The minimum atomic E-state index is 0.810. The topological polar surface area (TPSA) is 27.8 Å². The Morgan fingerprint density at radius 3 is 2.62 bits per heavy atom. The number of rotatable bonds is 5. The van der Waals surface area contributed by atoms with E-state index in [9.17, 15) is 0 Å². The van der Waals surface area contributed by atoms with Crippen molar-refractivity contribution in [1.29, 1.82) is 0 Å². The van der Waals surface area contributed by atoms with Gasteiger partial charge in [-0.05, 0) is 23.6 Å². The fraction of sp³-hybridized carbons (Fsp3) is 0.167. The molecule has 2 nitrogen and oxygen atoms in total. The Labute approximate surface area is 130 Å². The molecule has 1 heterocycles. The van der Waals surface area contributed by atoms with E-state index in [4.69, 9.17) is 12.2 Å². The molecule has 1 aromatic heterocycles. The van der Waals surface area contributed by atoms with Gasteiger partial charge in [-0.1, -0.05) is 60.7 Å². The highest BCUT2D eigenvalue weighted by molar-refractivity contribution is 7.80. The molecule has 21 heavy (non-hydrogen) atoms. The van der Waals surface area contributed by atoms with Gasteiger partial charge in [0.2, 0.25) is 0 Å². The highest BCUT2D eigenvalue weighted by Crippen LogP contribution is 2.17. The summed E-state index contributed by atoms with van der Waals surface area (Å²) in [6.07, 6.45) is 3.87. The predicted octanol–water partition coefficient (Wildman–Crippen LogP) is 3.87. The van der Waals surface area contributed by atoms with Gasteiger partial charge in [0.15, 0.2) is 0 Å². The molecule has 0 saturated carbocycles. The Hall–Kier alpha value is -2.13. The lowest BCUT2D eigenvalue weighted by atomic mass is 10.1. The summed E-state index contributed by atoms with van der Waals surface area (Å²) in [5.41, 5.74) is 3.78. The molecule has 0 fully saturated rings. The number of benzene rings is 2. The van der Waals surface area contributed by atoms with E-state index in [0.717, 1.165) is 24.4 Å². The van der Waals surface area contributed by atoms with E-state index in [1.54, 1.807) is 0 Å². The Morgan fingerprint density at radius 1 is 1.00 bits per heavy atom. The van der Waals surface area contributed by atoms with Crippen LogP contribution in [0.25, 0.3) is 10.9 Å². The summed E-state index contributed by atoms with van der Waals surface area (Å²) in [5.74, 6) is 0. The quantitative estimate of drug-likeness (QED) is 0.699. The molecule has 0 amide bonds. The Bertz CT molecular complexity index is 731. The van der Waals surface area contributed by atoms with E-state index in [0.29, 0.717) is 0 Å². The van der Waals surface area contributed by atoms with Crippen LogP contribution in [-0.4, -0.2) is 16.5 Å². The van der Waals surface area contributed by atoms with Crippen LogP contribution in [0, 0.1) is 0 Å². The second kappa shape index (κ2) is 6.55. The van der Waals surface area contributed by atoms with E-state index in [2.05, 4.69) is 52.9 Å². The summed E-state index contributed by atoms with van der Waals surface area (Å²) in [5, 5.41) is 4.65. The van der Waals surface area contributed by atoms with Gasteiger partial charge < -0.3 is 10.3 Å². The first kappa shape index (κ1) is 13.8. The van der Waals surface area contributed by atoms with Gasteiger partial charge in [0.25, 0.3) is 0 Å². The van der Waals surface area contributed by atoms with E-state index < -0.39 is 0 Å². The van der Waals surface area contributed by atoms with E-state index in [-0.39, 0.29) is 0 Å². The highest BCUT2D eigenvalue weighted by Gasteiger charge is 2.03. The van der Waals surface area contributed by atoms with Crippen molar-refractivity contribution in [3.63, 3.8) is 0 Å². The van der Waals surface area contributed by atoms with Crippen molar-refractivity contribution in [2.45, 2.75) is 12.8 Å². The molecule has 2 N–H and O–H groups in total. The molecule has 0 saturated heterocycles. The highest BCUT2D eigenvalue weighted by atomic mass is 32.1. The lowest BCUT2D eigenvalue weighted by molar-refractivity contribution is 0.869. The Morgan fingerprint density at radius 2 is 1.76 bits per heavy atom. The van der Waals surface area contributed by atoms with Crippen molar-refractivity contribution in [2.75, 3.05) is 6.54 Å². The van der Waals surface area contributed by atoms with Crippen LogP contribution in [-0.2, 0) is 12.8 Å². The average Bonchev–Trinajstić information content (AvgIpc) is 2.92. The van der Waals surface area contributed by atoms with Crippen LogP contribution in [0.5, 0.6) is 0 Å². The lowest BCUT2D eigenvalue weighted by Crippen LogP contribution is -2.25. The third kappa shape index (κ3) is 3.50. The third-order valence-electron chi connectivity index (χ3n) is 3.60. The van der Waals surface area contributed by atoms with Gasteiger partial charge in [-0.15, -0.1) is 0 Å². The van der Waals surface area contributed by atoms with Crippen LogP contribution in [0.15, 0.2) is 60.8 Å². The smallest absolute Gasteiger partial charge is 0.0797 e. The van der Waals surface area contributed by atoms with Crippen molar-refractivity contribution in [3.05, 3.63) is 71.9 Å². The first-order chi connectivity index (χ1) is 10.3. The van der Waals surface area contributed by atoms with Crippen molar-refractivity contribution < 1.29 is 0 Å². The molecule has 0 radical (unpaired) electrons. The van der Waals surface area contributed by atoms with Crippen molar-refractivity contribution in [2.24, 2.45) is 0 Å². The fourth-order valence-electron chi connectivity index (χ4n) is 2.52. The molecule has 0 bridgehead atoms. The van der Waals surface area contributed by atoms with Crippen LogP contribution in [0.2, 0.25) is 0 Å². The minimum Gasteiger partial charge on any atom is -0.379 e. The molecule has 3 heteroatoms. The number of thiocarbonyl (C=S) groups is 1. The van der Waals surface area contributed by atoms with E-state index in [1.807, 2.05) is 18.2 Å². The maximum Gasteiger partial charge on any atom is 0.0797 e. The first-order valence-electron chi connectivity index (χ1n) is 7.18. The zero-order valence-corrected chi connectivity index (χ0v) is 12.6. The van der Waals surface area contributed by atoms with Crippen molar-refractivity contribution in [1.82, 2.24) is 10.3 Å². The summed E-state index contributed by atoms with van der Waals surface area (Å²) < 4.78 is 0. The second-order valence-corrected chi connectivity index (χ2v) is 5.61. The molecule has 0 aliphatic rings. The largest absolute Gasteiger partial charge is 0.379 e. The van der Waals surface area contributed by atoms with Gasteiger partial charge >= 0.3 is 0 Å².